The Morgan fingerprint density at radius 1 is 1.44 bits per heavy atom. The van der Waals surface area contributed by atoms with E-state index in [2.05, 4.69) is 5.16 Å². The van der Waals surface area contributed by atoms with Gasteiger partial charge in [0.25, 0.3) is 5.03 Å². The molecule has 0 aliphatic carbocycles. The van der Waals surface area contributed by atoms with Crippen molar-refractivity contribution in [3.8, 4) is 0 Å². The Hall–Kier alpha value is -1.49. The molecular weight excluding hydrogens is 224 g/mol. The predicted molar refractivity (Wildman–Crippen MR) is 60.9 cm³/mol. The van der Waals surface area contributed by atoms with Gasteiger partial charge in [-0.1, -0.05) is 16.9 Å². The van der Waals surface area contributed by atoms with E-state index in [0.717, 1.165) is 21.7 Å². The van der Waals surface area contributed by atoms with Gasteiger partial charge in [0, 0.05) is 23.4 Å². The highest BCUT2D eigenvalue weighted by Crippen LogP contribution is 2.23. The van der Waals surface area contributed by atoms with Gasteiger partial charge in [0.05, 0.1) is 5.69 Å². The van der Waals surface area contributed by atoms with Gasteiger partial charge in [0.1, 0.15) is 5.76 Å². The lowest BCUT2D eigenvalue weighted by Gasteiger charge is -2.02. The van der Waals surface area contributed by atoms with Crippen molar-refractivity contribution in [3.05, 3.63) is 46.6 Å². The van der Waals surface area contributed by atoms with E-state index >= 15 is 0 Å². The number of hydrogen-bond donors (Lipinski definition) is 0. The fourth-order valence-corrected chi connectivity index (χ4v) is 2.45. The van der Waals surface area contributed by atoms with E-state index in [0.29, 0.717) is 10.8 Å². The van der Waals surface area contributed by atoms with Crippen molar-refractivity contribution in [1.82, 2.24) is 5.16 Å². The number of hydrogen-bond acceptors (Lipinski definition) is 4. The van der Waals surface area contributed by atoms with Crippen molar-refractivity contribution in [1.29, 1.82) is 0 Å². The monoisotopic (exact) mass is 236 g/mol. The van der Waals surface area contributed by atoms with Gasteiger partial charge in [-0.3, -0.25) is 0 Å². The fourth-order valence-electron chi connectivity index (χ4n) is 1.38. The first-order chi connectivity index (χ1) is 7.68. The molecule has 2 heterocycles. The summed E-state index contributed by atoms with van der Waals surface area (Å²) in [6.45, 7) is 3.79. The van der Waals surface area contributed by atoms with Gasteiger partial charge in [0.2, 0.25) is 0 Å². The minimum absolute atomic E-state index is 0.683. The third-order valence-electron chi connectivity index (χ3n) is 2.33. The molecule has 2 aromatic heterocycles. The molecule has 2 rings (SSSR count). The van der Waals surface area contributed by atoms with E-state index in [9.17, 15) is 5.21 Å². The van der Waals surface area contributed by atoms with Crippen LogP contribution in [-0.4, -0.2) is 5.16 Å². The maximum absolute atomic E-state index is 11.4. The molecule has 84 valence electrons. The summed E-state index contributed by atoms with van der Waals surface area (Å²) in [5, 5.41) is 16.0. The number of pyridine rings is 1. The van der Waals surface area contributed by atoms with Crippen molar-refractivity contribution in [3.63, 3.8) is 0 Å². The normalized spacial score (nSPS) is 10.6. The lowest BCUT2D eigenvalue weighted by Crippen LogP contribution is -2.27. The minimum Gasteiger partial charge on any atom is -0.618 e. The van der Waals surface area contributed by atoms with E-state index < -0.39 is 0 Å². The molecule has 0 atom stereocenters. The molecule has 16 heavy (non-hydrogen) atoms. The molecule has 0 aliphatic heterocycles. The number of aryl methyl sites for hydroxylation is 2. The average molecular weight is 236 g/mol. The van der Waals surface area contributed by atoms with Crippen LogP contribution in [0.15, 0.2) is 33.9 Å². The van der Waals surface area contributed by atoms with Crippen LogP contribution in [0.3, 0.4) is 0 Å². The number of nitrogens with zero attached hydrogens (tertiary/aromatic N) is 2. The van der Waals surface area contributed by atoms with Crippen molar-refractivity contribution in [2.24, 2.45) is 0 Å². The first-order valence-corrected chi connectivity index (χ1v) is 5.90. The molecule has 4 nitrogen and oxygen atoms in total. The fraction of sp³-hybridized carbons (Fsp3) is 0.273. The molecule has 0 saturated heterocycles. The Kier molecular flexibility index (Phi) is 3.14. The lowest BCUT2D eigenvalue weighted by molar-refractivity contribution is -0.645. The molecule has 0 unspecified atom stereocenters. The van der Waals surface area contributed by atoms with Crippen molar-refractivity contribution < 1.29 is 9.25 Å². The predicted octanol–water partition coefficient (Wildman–Crippen LogP) is 2.22. The van der Waals surface area contributed by atoms with Crippen molar-refractivity contribution in [2.45, 2.75) is 24.6 Å². The van der Waals surface area contributed by atoms with Gasteiger partial charge in [-0.05, 0) is 19.9 Å². The summed E-state index contributed by atoms with van der Waals surface area (Å²) < 4.78 is 5.93. The lowest BCUT2D eigenvalue weighted by atomic mass is 10.2. The van der Waals surface area contributed by atoms with Crippen LogP contribution >= 0.6 is 11.8 Å². The van der Waals surface area contributed by atoms with Gasteiger partial charge >= 0.3 is 0 Å². The van der Waals surface area contributed by atoms with E-state index in [1.807, 2.05) is 19.9 Å². The summed E-state index contributed by atoms with van der Waals surface area (Å²) in [6.07, 6.45) is 1.50. The standard InChI is InChI=1S/C11H12N2O2S/c1-8-10(9(2)15-12-8)7-16-11-5-3-4-6-13(11)14/h3-6H,7H2,1-2H3. The quantitative estimate of drug-likeness (QED) is 0.466. The first-order valence-electron chi connectivity index (χ1n) is 4.91. The molecule has 0 N–H and O–H groups in total. The molecule has 0 fully saturated rings. The molecular formula is C11H12N2O2S. The molecule has 0 aromatic carbocycles. The molecule has 0 amide bonds. The molecule has 0 radical (unpaired) electrons. The van der Waals surface area contributed by atoms with Crippen LogP contribution in [0.1, 0.15) is 17.0 Å². The highest BCUT2D eigenvalue weighted by atomic mass is 32.2. The zero-order chi connectivity index (χ0) is 11.5. The van der Waals surface area contributed by atoms with E-state index in [1.165, 1.54) is 18.0 Å². The van der Waals surface area contributed by atoms with Gasteiger partial charge in [-0.15, -0.1) is 0 Å². The Balaban J connectivity index is 2.11. The summed E-state index contributed by atoms with van der Waals surface area (Å²) in [5.74, 6) is 1.52. The molecule has 0 aliphatic rings. The van der Waals surface area contributed by atoms with Crippen LogP contribution in [-0.2, 0) is 5.75 Å². The second kappa shape index (κ2) is 4.57. The summed E-state index contributed by atoms with van der Waals surface area (Å²) in [7, 11) is 0. The first kappa shape index (κ1) is 11.0. The summed E-state index contributed by atoms with van der Waals surface area (Å²) >= 11 is 1.48. The number of thioether (sulfide) groups is 1. The minimum atomic E-state index is 0.683. The van der Waals surface area contributed by atoms with Crippen LogP contribution in [0.2, 0.25) is 0 Å². The Labute approximate surface area is 97.8 Å². The van der Waals surface area contributed by atoms with Crippen LogP contribution < -0.4 is 4.73 Å². The van der Waals surface area contributed by atoms with Gasteiger partial charge in [0.15, 0.2) is 6.20 Å². The topological polar surface area (TPSA) is 53.0 Å². The summed E-state index contributed by atoms with van der Waals surface area (Å²) in [5.41, 5.74) is 1.95. The SMILES string of the molecule is Cc1noc(C)c1CSc1cccc[n+]1[O-]. The van der Waals surface area contributed by atoms with Crippen LogP contribution in [0.25, 0.3) is 0 Å². The average Bonchev–Trinajstić information content (AvgIpc) is 2.58. The Bertz CT molecular complexity index is 477. The van der Waals surface area contributed by atoms with Gasteiger partial charge in [-0.25, -0.2) is 0 Å². The van der Waals surface area contributed by atoms with Crippen molar-refractivity contribution in [2.75, 3.05) is 0 Å². The number of rotatable bonds is 3. The summed E-state index contributed by atoms with van der Waals surface area (Å²) in [4.78, 5) is 0. The highest BCUT2D eigenvalue weighted by molar-refractivity contribution is 7.98. The maximum Gasteiger partial charge on any atom is 0.251 e. The molecule has 5 heteroatoms. The molecule has 0 bridgehead atoms. The van der Waals surface area contributed by atoms with Gasteiger partial charge < -0.3 is 9.73 Å². The third kappa shape index (κ3) is 2.19. The summed E-state index contributed by atoms with van der Waals surface area (Å²) in [6, 6.07) is 5.37. The second-order valence-corrected chi connectivity index (χ2v) is 4.45. The van der Waals surface area contributed by atoms with Crippen LogP contribution in [0.4, 0.5) is 0 Å². The van der Waals surface area contributed by atoms with Crippen LogP contribution in [0.5, 0.6) is 0 Å². The third-order valence-corrected chi connectivity index (χ3v) is 3.38. The molecule has 0 saturated carbocycles. The zero-order valence-electron chi connectivity index (χ0n) is 9.14. The second-order valence-electron chi connectivity index (χ2n) is 3.46. The highest BCUT2D eigenvalue weighted by Gasteiger charge is 2.12. The Morgan fingerprint density at radius 2 is 2.25 bits per heavy atom. The van der Waals surface area contributed by atoms with Crippen molar-refractivity contribution >= 4 is 11.8 Å². The molecule has 2 aromatic rings. The Morgan fingerprint density at radius 3 is 2.88 bits per heavy atom. The van der Waals surface area contributed by atoms with E-state index in [-0.39, 0.29) is 0 Å². The van der Waals surface area contributed by atoms with E-state index in [4.69, 9.17) is 4.52 Å². The zero-order valence-corrected chi connectivity index (χ0v) is 9.95. The molecule has 0 spiro atoms. The smallest absolute Gasteiger partial charge is 0.251 e. The maximum atomic E-state index is 11.4. The van der Waals surface area contributed by atoms with Crippen LogP contribution in [0, 0.1) is 19.1 Å². The van der Waals surface area contributed by atoms with Gasteiger partial charge in [-0.2, -0.15) is 4.73 Å². The number of aromatic nitrogens is 2. The van der Waals surface area contributed by atoms with E-state index in [1.54, 1.807) is 12.1 Å². The largest absolute Gasteiger partial charge is 0.618 e.